The van der Waals surface area contributed by atoms with E-state index >= 15 is 0 Å². The zero-order valence-electron chi connectivity index (χ0n) is 17.3. The van der Waals surface area contributed by atoms with Crippen molar-refractivity contribution in [3.05, 3.63) is 39.8 Å². The van der Waals surface area contributed by atoms with Crippen molar-refractivity contribution in [3.8, 4) is 17.6 Å². The molecule has 7 heteroatoms. The Morgan fingerprint density at radius 2 is 2.07 bits per heavy atom. The maximum Gasteiger partial charge on any atom is 0.230 e. The lowest BCUT2D eigenvalue weighted by Gasteiger charge is -2.17. The van der Waals surface area contributed by atoms with E-state index < -0.39 is 0 Å². The smallest absolute Gasteiger partial charge is 0.230 e. The number of nitriles is 1. The van der Waals surface area contributed by atoms with E-state index in [-0.39, 0.29) is 5.91 Å². The molecule has 0 radical (unpaired) electrons. The van der Waals surface area contributed by atoms with Crippen LogP contribution in [0.4, 0.5) is 5.00 Å². The molecule has 3 rings (SSSR count). The predicted molar refractivity (Wildman–Crippen MR) is 114 cm³/mol. The maximum atomic E-state index is 12.5. The van der Waals surface area contributed by atoms with Gasteiger partial charge in [-0.2, -0.15) is 5.26 Å². The highest BCUT2D eigenvalue weighted by molar-refractivity contribution is 7.16. The van der Waals surface area contributed by atoms with Crippen LogP contribution in [0.3, 0.4) is 0 Å². The molecule has 1 amide bonds. The number of thiophene rings is 1. The number of nitrogens with zero attached hydrogens (tertiary/aromatic N) is 1. The molecule has 0 fully saturated rings. The van der Waals surface area contributed by atoms with Crippen LogP contribution >= 0.6 is 11.3 Å². The van der Waals surface area contributed by atoms with Gasteiger partial charge < -0.3 is 19.7 Å². The summed E-state index contributed by atoms with van der Waals surface area (Å²) in [6, 6.07) is 8.13. The summed E-state index contributed by atoms with van der Waals surface area (Å²) in [4.78, 5) is 15.0. The van der Waals surface area contributed by atoms with Gasteiger partial charge in [-0.1, -0.05) is 6.07 Å². The monoisotopic (exact) mass is 414 g/mol. The zero-order chi connectivity index (χ0) is 20.8. The topological polar surface area (TPSA) is 75.8 Å². The van der Waals surface area contributed by atoms with E-state index in [2.05, 4.69) is 18.4 Å². The summed E-state index contributed by atoms with van der Waals surface area (Å²) in [7, 11) is 5.31. The number of carbonyl (C=O) groups is 1. The molecule has 0 bridgehead atoms. The standard InChI is InChI=1S/C22H27N3O3S/c1-25(14-15-7-6-9-18(27-2)21(15)28-3)12-11-20(26)24-22-17(13-23)16-8-4-5-10-19(16)29-22/h6-7,9H,4-5,8,10-12,14H2,1-3H3,(H,24,26)/p+1. The van der Waals surface area contributed by atoms with Crippen molar-refractivity contribution in [1.82, 2.24) is 0 Å². The highest BCUT2D eigenvalue weighted by Crippen LogP contribution is 2.37. The second-order valence-corrected chi connectivity index (χ2v) is 8.47. The van der Waals surface area contributed by atoms with Gasteiger partial charge in [-0.15, -0.1) is 11.3 Å². The van der Waals surface area contributed by atoms with Crippen molar-refractivity contribution in [3.63, 3.8) is 0 Å². The summed E-state index contributed by atoms with van der Waals surface area (Å²) in [6.45, 7) is 1.41. The van der Waals surface area contributed by atoms with Gasteiger partial charge in [-0.05, 0) is 43.4 Å². The lowest BCUT2D eigenvalue weighted by atomic mass is 9.96. The summed E-state index contributed by atoms with van der Waals surface area (Å²) in [6.07, 6.45) is 4.63. The average Bonchev–Trinajstić information content (AvgIpc) is 3.08. The van der Waals surface area contributed by atoms with Crippen LogP contribution in [0.25, 0.3) is 0 Å². The number of hydrogen-bond acceptors (Lipinski definition) is 5. The minimum Gasteiger partial charge on any atom is -0.493 e. The van der Waals surface area contributed by atoms with Gasteiger partial charge in [0.05, 0.1) is 45.4 Å². The van der Waals surface area contributed by atoms with Gasteiger partial charge >= 0.3 is 0 Å². The molecule has 6 nitrogen and oxygen atoms in total. The number of ether oxygens (including phenoxy) is 2. The van der Waals surface area contributed by atoms with Crippen molar-refractivity contribution in [2.45, 2.75) is 38.6 Å². The Morgan fingerprint density at radius 1 is 1.28 bits per heavy atom. The average molecular weight is 415 g/mol. The van der Waals surface area contributed by atoms with Crippen molar-refractivity contribution in [2.24, 2.45) is 0 Å². The molecule has 2 N–H and O–H groups in total. The van der Waals surface area contributed by atoms with E-state index in [4.69, 9.17) is 9.47 Å². The first-order chi connectivity index (χ1) is 14.1. The third-order valence-corrected chi connectivity index (χ3v) is 6.50. The molecule has 1 atom stereocenters. The Bertz CT molecular complexity index is 917. The molecule has 0 saturated carbocycles. The minimum atomic E-state index is -0.0444. The first kappa shape index (κ1) is 21.2. The van der Waals surface area contributed by atoms with Gasteiger partial charge in [-0.3, -0.25) is 4.79 Å². The predicted octanol–water partition coefficient (Wildman–Crippen LogP) is 2.56. The van der Waals surface area contributed by atoms with Crippen molar-refractivity contribution >= 4 is 22.2 Å². The molecule has 2 aromatic rings. The lowest BCUT2D eigenvalue weighted by molar-refractivity contribution is -0.893. The van der Waals surface area contributed by atoms with Gasteiger partial charge in [0, 0.05) is 4.88 Å². The number of quaternary nitrogens is 1. The van der Waals surface area contributed by atoms with Crippen LogP contribution in [0.15, 0.2) is 18.2 Å². The summed E-state index contributed by atoms with van der Waals surface area (Å²) in [5.41, 5.74) is 2.86. The zero-order valence-corrected chi connectivity index (χ0v) is 18.1. The van der Waals surface area contributed by atoms with E-state index in [1.807, 2.05) is 18.2 Å². The van der Waals surface area contributed by atoms with Crippen molar-refractivity contribution in [2.75, 3.05) is 33.1 Å². The highest BCUT2D eigenvalue weighted by atomic mass is 32.1. The molecular formula is C22H28N3O3S+. The van der Waals surface area contributed by atoms with Gasteiger partial charge in [0.2, 0.25) is 5.91 Å². The number of aryl methyl sites for hydroxylation is 1. The molecule has 29 heavy (non-hydrogen) atoms. The molecule has 1 unspecified atom stereocenters. The molecule has 154 valence electrons. The fourth-order valence-corrected chi connectivity index (χ4v) is 5.05. The number of anilines is 1. The summed E-state index contributed by atoms with van der Waals surface area (Å²) in [5, 5.41) is 13.2. The fraction of sp³-hybridized carbons (Fsp3) is 0.455. The quantitative estimate of drug-likeness (QED) is 0.696. The van der Waals surface area contributed by atoms with E-state index in [0.717, 1.165) is 54.1 Å². The number of methoxy groups -OCH3 is 2. The van der Waals surface area contributed by atoms with Gasteiger partial charge in [0.1, 0.15) is 17.6 Å². The number of rotatable bonds is 8. The molecule has 1 aliphatic carbocycles. The number of benzene rings is 1. The second kappa shape index (κ2) is 9.77. The van der Waals surface area contributed by atoms with E-state index in [1.165, 1.54) is 9.78 Å². The Labute approximate surface area is 176 Å². The summed E-state index contributed by atoms with van der Waals surface area (Å²) < 4.78 is 10.8. The SMILES string of the molecule is COc1cccc(C[NH+](C)CCC(=O)Nc2sc3c(c2C#N)CCCC3)c1OC. The maximum absolute atomic E-state index is 12.5. The van der Waals surface area contributed by atoms with Crippen molar-refractivity contribution < 1.29 is 19.2 Å². The normalized spacial score (nSPS) is 13.9. The summed E-state index contributed by atoms with van der Waals surface area (Å²) >= 11 is 1.57. The first-order valence-corrected chi connectivity index (χ1v) is 10.7. The van der Waals surface area contributed by atoms with Crippen LogP contribution in [-0.4, -0.2) is 33.7 Å². The highest BCUT2D eigenvalue weighted by Gasteiger charge is 2.22. The lowest BCUT2D eigenvalue weighted by Crippen LogP contribution is -3.07. The van der Waals surface area contributed by atoms with Crippen LogP contribution in [-0.2, 0) is 24.2 Å². The number of para-hydroxylation sites is 1. The van der Waals surface area contributed by atoms with Crippen LogP contribution in [0.1, 0.15) is 40.8 Å². The Kier molecular flexibility index (Phi) is 7.13. The molecule has 1 heterocycles. The molecule has 0 spiro atoms. The Balaban J connectivity index is 1.58. The fourth-order valence-electron chi connectivity index (χ4n) is 3.79. The Hall–Kier alpha value is -2.56. The van der Waals surface area contributed by atoms with E-state index in [0.29, 0.717) is 24.3 Å². The Morgan fingerprint density at radius 3 is 2.79 bits per heavy atom. The van der Waals surface area contributed by atoms with Gasteiger partial charge in [-0.25, -0.2) is 0 Å². The number of amides is 1. The number of hydrogen-bond donors (Lipinski definition) is 2. The molecule has 1 aliphatic rings. The van der Waals surface area contributed by atoms with Crippen LogP contribution < -0.4 is 19.7 Å². The molecular weight excluding hydrogens is 386 g/mol. The third-order valence-electron chi connectivity index (χ3n) is 5.29. The molecule has 1 aromatic heterocycles. The van der Waals surface area contributed by atoms with Crippen molar-refractivity contribution in [1.29, 1.82) is 5.26 Å². The first-order valence-electron chi connectivity index (χ1n) is 9.93. The number of nitrogens with one attached hydrogen (secondary N) is 2. The van der Waals surface area contributed by atoms with Crippen LogP contribution in [0, 0.1) is 11.3 Å². The van der Waals surface area contributed by atoms with Gasteiger partial charge in [0.25, 0.3) is 0 Å². The van der Waals surface area contributed by atoms with Crippen LogP contribution in [0.2, 0.25) is 0 Å². The number of carbonyl (C=O) groups excluding carboxylic acids is 1. The van der Waals surface area contributed by atoms with E-state index in [1.54, 1.807) is 25.6 Å². The van der Waals surface area contributed by atoms with Gasteiger partial charge in [0.15, 0.2) is 11.5 Å². The van der Waals surface area contributed by atoms with E-state index in [9.17, 15) is 10.1 Å². The summed E-state index contributed by atoms with van der Waals surface area (Å²) in [5.74, 6) is 1.40. The third kappa shape index (κ3) is 4.89. The minimum absolute atomic E-state index is 0.0444. The molecule has 0 saturated heterocycles. The largest absolute Gasteiger partial charge is 0.493 e. The number of fused-ring (bicyclic) bond motifs is 1. The molecule has 1 aromatic carbocycles. The second-order valence-electron chi connectivity index (χ2n) is 7.36. The van der Waals surface area contributed by atoms with Crippen LogP contribution in [0.5, 0.6) is 11.5 Å². The molecule has 0 aliphatic heterocycles.